The van der Waals surface area contributed by atoms with E-state index in [2.05, 4.69) is 4.98 Å². The van der Waals surface area contributed by atoms with Gasteiger partial charge in [-0.3, -0.25) is 0 Å². The van der Waals surface area contributed by atoms with E-state index in [-0.39, 0.29) is 11.5 Å². The molecule has 3 heteroatoms. The predicted molar refractivity (Wildman–Crippen MR) is 46.5 cm³/mol. The van der Waals surface area contributed by atoms with Gasteiger partial charge in [0.1, 0.15) is 0 Å². The van der Waals surface area contributed by atoms with Crippen LogP contribution in [0, 0.1) is 6.92 Å². The monoisotopic (exact) mass is 165 g/mol. The summed E-state index contributed by atoms with van der Waals surface area (Å²) < 4.78 is 0. The number of nitrogens with one attached hydrogen (secondary N) is 1. The van der Waals surface area contributed by atoms with Crippen LogP contribution in [0.15, 0.2) is 30.6 Å². The molecule has 1 rings (SSSR count). The molecule has 0 saturated carbocycles. The van der Waals surface area contributed by atoms with Crippen molar-refractivity contribution in [3.63, 3.8) is 0 Å². The summed E-state index contributed by atoms with van der Waals surface area (Å²) in [5.41, 5.74) is 0.857. The van der Waals surface area contributed by atoms with Crippen molar-refractivity contribution in [1.29, 1.82) is 0 Å². The summed E-state index contributed by atoms with van der Waals surface area (Å²) in [5, 5.41) is 18.4. The molecule has 64 valence electrons. The van der Waals surface area contributed by atoms with Crippen molar-refractivity contribution in [1.82, 2.24) is 4.98 Å². The van der Waals surface area contributed by atoms with Gasteiger partial charge in [0, 0.05) is 12.4 Å². The lowest BCUT2D eigenvalue weighted by Crippen LogP contribution is -1.64. The summed E-state index contributed by atoms with van der Waals surface area (Å²) in [5.74, 6) is -0.275. The van der Waals surface area contributed by atoms with Gasteiger partial charge in [-0.1, -0.05) is 0 Å². The largest absolute Gasteiger partial charge is 0.504 e. The Hall–Kier alpha value is -1.64. The number of rotatable bonds is 0. The second-order valence-electron chi connectivity index (χ2n) is 2.49. The third-order valence-corrected chi connectivity index (χ3v) is 1.41. The van der Waals surface area contributed by atoms with Crippen LogP contribution in [0.5, 0.6) is 11.5 Å². The molecule has 3 nitrogen and oxygen atoms in total. The minimum absolute atomic E-state index is 0.128. The average Bonchev–Trinajstić information content (AvgIpc) is 2.07. The lowest BCUT2D eigenvalue weighted by molar-refractivity contribution is 0.404. The molecule has 1 aromatic heterocycles. The zero-order chi connectivity index (χ0) is 8.97. The van der Waals surface area contributed by atoms with Gasteiger partial charge >= 0.3 is 0 Å². The van der Waals surface area contributed by atoms with Crippen molar-refractivity contribution in [2.24, 2.45) is 0 Å². The third-order valence-electron chi connectivity index (χ3n) is 1.41. The molecular weight excluding hydrogens is 154 g/mol. The molecule has 12 heavy (non-hydrogen) atoms. The number of H-pyrrole nitrogens is 1. The van der Waals surface area contributed by atoms with E-state index in [0.29, 0.717) is 0 Å². The molecule has 0 saturated heterocycles. The van der Waals surface area contributed by atoms with Crippen LogP contribution in [-0.4, -0.2) is 15.2 Å². The Kier molecular flexibility index (Phi) is 2.58. The topological polar surface area (TPSA) is 56.2 Å². The van der Waals surface area contributed by atoms with Crippen molar-refractivity contribution in [2.45, 2.75) is 6.92 Å². The van der Waals surface area contributed by atoms with E-state index in [9.17, 15) is 5.11 Å². The van der Waals surface area contributed by atoms with Crippen LogP contribution in [0.2, 0.25) is 0 Å². The Balaban J connectivity index is 3.38. The highest BCUT2D eigenvalue weighted by Gasteiger charge is 1.91. The quantitative estimate of drug-likeness (QED) is 0.549. The molecule has 1 heterocycles. The van der Waals surface area contributed by atoms with Crippen molar-refractivity contribution in [3.05, 3.63) is 36.2 Å². The fourth-order valence-electron chi connectivity index (χ4n) is 0.785. The van der Waals surface area contributed by atoms with Crippen molar-refractivity contribution < 1.29 is 10.2 Å². The second kappa shape index (κ2) is 3.67. The summed E-state index contributed by atoms with van der Waals surface area (Å²) in [6.45, 7) is 1.83. The molecule has 0 aliphatic carbocycles. The van der Waals surface area contributed by atoms with E-state index < -0.39 is 0 Å². The number of hydrogen-bond donors (Lipinski definition) is 3. The van der Waals surface area contributed by atoms with Gasteiger partial charge in [0.2, 0.25) is 0 Å². The Morgan fingerprint density at radius 3 is 2.50 bits per heavy atom. The first-order valence-corrected chi connectivity index (χ1v) is 3.60. The maximum Gasteiger partial charge on any atom is 0.158 e. The minimum Gasteiger partial charge on any atom is -0.504 e. The summed E-state index contributed by atoms with van der Waals surface area (Å²) in [7, 11) is 0. The van der Waals surface area contributed by atoms with Crippen LogP contribution >= 0.6 is 0 Å². The van der Waals surface area contributed by atoms with Crippen LogP contribution in [0.4, 0.5) is 0 Å². The molecule has 0 atom stereocenters. The lowest BCUT2D eigenvalue weighted by Gasteiger charge is -1.90. The normalized spacial score (nSPS) is 9.08. The van der Waals surface area contributed by atoms with E-state index >= 15 is 0 Å². The van der Waals surface area contributed by atoms with Gasteiger partial charge in [-0.15, -0.1) is 0 Å². The Morgan fingerprint density at radius 1 is 1.08 bits per heavy atom. The number of aromatic hydroxyl groups is 2. The van der Waals surface area contributed by atoms with Gasteiger partial charge in [0.05, 0.1) is 0 Å². The molecule has 0 unspecified atom stereocenters. The first-order chi connectivity index (χ1) is 5.70. The molecule has 3 N–H and O–H groups in total. The fourth-order valence-corrected chi connectivity index (χ4v) is 0.785. The smallest absolute Gasteiger partial charge is 0.158 e. The maximum absolute atomic E-state index is 9.22. The van der Waals surface area contributed by atoms with Crippen LogP contribution < -0.4 is 0 Å². The fraction of sp³-hybridized carbons (Fsp3) is 0.111. The van der Waals surface area contributed by atoms with Crippen LogP contribution in [0.25, 0.3) is 0 Å². The van der Waals surface area contributed by atoms with E-state index in [1.54, 1.807) is 12.3 Å². The SMILES string of the molecule is Cc1cc[nH]ccc(O)c(O)c1. The highest BCUT2D eigenvalue weighted by atomic mass is 16.3. The lowest BCUT2D eigenvalue weighted by atomic mass is 10.3. The van der Waals surface area contributed by atoms with Gasteiger partial charge < -0.3 is 15.2 Å². The summed E-state index contributed by atoms with van der Waals surface area (Å²) in [6.07, 6.45) is 3.25. The highest BCUT2D eigenvalue weighted by molar-refractivity contribution is 5.35. The summed E-state index contributed by atoms with van der Waals surface area (Å²) >= 11 is 0. The predicted octanol–water partition coefficient (Wildman–Crippen LogP) is 1.86. The molecule has 0 aliphatic rings. The average molecular weight is 165 g/mol. The molecule has 0 aromatic carbocycles. The molecule has 0 spiro atoms. The van der Waals surface area contributed by atoms with Gasteiger partial charge in [-0.05, 0) is 30.7 Å². The van der Waals surface area contributed by atoms with E-state index in [1.165, 1.54) is 18.3 Å². The zero-order valence-electron chi connectivity index (χ0n) is 6.78. The molecule has 0 amide bonds. The molecule has 0 fully saturated rings. The first-order valence-electron chi connectivity index (χ1n) is 3.60. The van der Waals surface area contributed by atoms with E-state index in [0.717, 1.165) is 5.56 Å². The summed E-state index contributed by atoms with van der Waals surface area (Å²) in [6, 6.07) is 4.66. The standard InChI is InChI=1S/C9H11NO2/c1-7-2-4-10-5-3-8(11)9(12)6-7/h2-6,10-12H,1H3. The number of aryl methyl sites for hydroxylation is 1. The van der Waals surface area contributed by atoms with Crippen LogP contribution in [0.1, 0.15) is 5.56 Å². The molecule has 0 radical (unpaired) electrons. The van der Waals surface area contributed by atoms with Gasteiger partial charge in [0.25, 0.3) is 0 Å². The van der Waals surface area contributed by atoms with Crippen molar-refractivity contribution in [2.75, 3.05) is 0 Å². The minimum atomic E-state index is -0.148. The Bertz CT molecular complexity index is 316. The first kappa shape index (κ1) is 8.46. The maximum atomic E-state index is 9.22. The van der Waals surface area contributed by atoms with E-state index in [4.69, 9.17) is 5.11 Å². The molecule has 0 aliphatic heterocycles. The Labute approximate surface area is 70.6 Å². The van der Waals surface area contributed by atoms with Crippen molar-refractivity contribution in [3.8, 4) is 11.5 Å². The number of hydrogen-bond acceptors (Lipinski definition) is 2. The van der Waals surface area contributed by atoms with Crippen LogP contribution in [0.3, 0.4) is 0 Å². The third kappa shape index (κ3) is 2.20. The number of aromatic amines is 1. The molecule has 1 aromatic rings. The van der Waals surface area contributed by atoms with Crippen LogP contribution in [-0.2, 0) is 0 Å². The Morgan fingerprint density at radius 2 is 1.75 bits per heavy atom. The van der Waals surface area contributed by atoms with Gasteiger partial charge in [-0.25, -0.2) is 0 Å². The molecular formula is C9H11NO2. The van der Waals surface area contributed by atoms with E-state index in [1.807, 2.05) is 6.92 Å². The van der Waals surface area contributed by atoms with Crippen molar-refractivity contribution >= 4 is 0 Å². The second-order valence-corrected chi connectivity index (χ2v) is 2.49. The highest BCUT2D eigenvalue weighted by Crippen LogP contribution is 2.20. The van der Waals surface area contributed by atoms with Gasteiger partial charge in [0.15, 0.2) is 11.5 Å². The van der Waals surface area contributed by atoms with Gasteiger partial charge in [-0.2, -0.15) is 0 Å². The number of aromatic nitrogens is 1. The summed E-state index contributed by atoms with van der Waals surface area (Å²) in [4.78, 5) is 2.80. The zero-order valence-corrected chi connectivity index (χ0v) is 6.78. The molecule has 0 bridgehead atoms.